The van der Waals surface area contributed by atoms with Crippen LogP contribution in [0.3, 0.4) is 0 Å². The molecule has 15 heavy (non-hydrogen) atoms. The molecule has 0 aromatic heterocycles. The molecule has 4 nitrogen and oxygen atoms in total. The van der Waals surface area contributed by atoms with E-state index in [1.807, 2.05) is 12.1 Å². The number of benzene rings is 1. The lowest BCUT2D eigenvalue weighted by Crippen LogP contribution is -2.48. The van der Waals surface area contributed by atoms with E-state index in [2.05, 4.69) is 5.32 Å². The summed E-state index contributed by atoms with van der Waals surface area (Å²) in [5.41, 5.74) is 13.3. The number of aliphatic hydroxyl groups is 1. The SMILES string of the molecule is Nc1ccc(NC2(CO)CCC2)cc1N. The van der Waals surface area contributed by atoms with Crippen LogP contribution < -0.4 is 16.8 Å². The second-order valence-electron chi connectivity index (χ2n) is 4.26. The highest BCUT2D eigenvalue weighted by molar-refractivity contribution is 5.69. The summed E-state index contributed by atoms with van der Waals surface area (Å²) in [5.74, 6) is 0. The van der Waals surface area contributed by atoms with Crippen LogP contribution in [0.15, 0.2) is 18.2 Å². The van der Waals surface area contributed by atoms with Crippen LogP contribution in [0.4, 0.5) is 17.1 Å². The summed E-state index contributed by atoms with van der Waals surface area (Å²) in [6, 6.07) is 5.48. The molecule has 0 radical (unpaired) electrons. The average molecular weight is 207 g/mol. The quantitative estimate of drug-likeness (QED) is 0.561. The molecule has 4 heteroatoms. The number of rotatable bonds is 3. The Balaban J connectivity index is 2.13. The fourth-order valence-electron chi connectivity index (χ4n) is 1.88. The van der Waals surface area contributed by atoms with E-state index in [4.69, 9.17) is 11.5 Å². The number of anilines is 3. The molecule has 82 valence electrons. The Morgan fingerprint density at radius 2 is 2.00 bits per heavy atom. The van der Waals surface area contributed by atoms with Crippen molar-refractivity contribution in [3.63, 3.8) is 0 Å². The van der Waals surface area contributed by atoms with Gasteiger partial charge in [-0.3, -0.25) is 0 Å². The van der Waals surface area contributed by atoms with Crippen LogP contribution in [0.1, 0.15) is 19.3 Å². The third-order valence-corrected chi connectivity index (χ3v) is 3.11. The van der Waals surface area contributed by atoms with Crippen molar-refractivity contribution in [1.82, 2.24) is 0 Å². The molecule has 1 aliphatic carbocycles. The standard InChI is InChI=1S/C11H17N3O/c12-9-3-2-8(6-10(9)13)14-11(7-15)4-1-5-11/h2-3,6,14-15H,1,4-5,7,12-13H2. The van der Waals surface area contributed by atoms with Crippen molar-refractivity contribution >= 4 is 17.1 Å². The number of hydrogen-bond acceptors (Lipinski definition) is 4. The van der Waals surface area contributed by atoms with Gasteiger partial charge in [-0.15, -0.1) is 0 Å². The summed E-state index contributed by atoms with van der Waals surface area (Å²) in [6.07, 6.45) is 3.18. The van der Waals surface area contributed by atoms with Crippen LogP contribution in [0.25, 0.3) is 0 Å². The first-order chi connectivity index (χ1) is 7.15. The van der Waals surface area contributed by atoms with Crippen LogP contribution in [0, 0.1) is 0 Å². The minimum absolute atomic E-state index is 0.136. The lowest BCUT2D eigenvalue weighted by atomic mass is 9.77. The van der Waals surface area contributed by atoms with Crippen molar-refractivity contribution in [2.75, 3.05) is 23.4 Å². The van der Waals surface area contributed by atoms with E-state index in [-0.39, 0.29) is 12.1 Å². The predicted molar refractivity (Wildman–Crippen MR) is 62.6 cm³/mol. The molecule has 1 aromatic carbocycles. The van der Waals surface area contributed by atoms with Gasteiger partial charge in [-0.05, 0) is 37.5 Å². The van der Waals surface area contributed by atoms with Gasteiger partial charge in [0.05, 0.1) is 23.5 Å². The topological polar surface area (TPSA) is 84.3 Å². The maximum absolute atomic E-state index is 9.30. The molecule has 0 atom stereocenters. The first kappa shape index (κ1) is 10.1. The summed E-state index contributed by atoms with van der Waals surface area (Å²) >= 11 is 0. The van der Waals surface area contributed by atoms with E-state index in [0.29, 0.717) is 11.4 Å². The molecule has 1 aromatic rings. The number of nitrogens with one attached hydrogen (secondary N) is 1. The van der Waals surface area contributed by atoms with E-state index in [0.717, 1.165) is 24.9 Å². The lowest BCUT2D eigenvalue weighted by molar-refractivity contribution is 0.144. The minimum Gasteiger partial charge on any atom is -0.397 e. The predicted octanol–water partition coefficient (Wildman–Crippen LogP) is 1.18. The molecule has 2 rings (SSSR count). The van der Waals surface area contributed by atoms with Crippen molar-refractivity contribution < 1.29 is 5.11 Å². The zero-order chi connectivity index (χ0) is 10.9. The van der Waals surface area contributed by atoms with Gasteiger partial charge in [-0.1, -0.05) is 0 Å². The van der Waals surface area contributed by atoms with Crippen molar-refractivity contribution in [3.8, 4) is 0 Å². The van der Waals surface area contributed by atoms with Gasteiger partial charge in [-0.2, -0.15) is 0 Å². The van der Waals surface area contributed by atoms with E-state index in [1.54, 1.807) is 6.07 Å². The molecule has 6 N–H and O–H groups in total. The molecule has 0 spiro atoms. The Kier molecular flexibility index (Phi) is 2.44. The van der Waals surface area contributed by atoms with Gasteiger partial charge in [0.15, 0.2) is 0 Å². The first-order valence-corrected chi connectivity index (χ1v) is 5.19. The molecule has 1 aliphatic rings. The third-order valence-electron chi connectivity index (χ3n) is 3.11. The van der Waals surface area contributed by atoms with Crippen LogP contribution in [-0.2, 0) is 0 Å². The Hall–Kier alpha value is -1.42. The summed E-state index contributed by atoms with van der Waals surface area (Å²) in [7, 11) is 0. The van der Waals surface area contributed by atoms with E-state index in [9.17, 15) is 5.11 Å². The molecule has 0 unspecified atom stereocenters. The van der Waals surface area contributed by atoms with Crippen molar-refractivity contribution in [2.45, 2.75) is 24.8 Å². The Morgan fingerprint density at radius 3 is 2.47 bits per heavy atom. The molecular weight excluding hydrogens is 190 g/mol. The fraction of sp³-hybridized carbons (Fsp3) is 0.455. The molecule has 0 heterocycles. The van der Waals surface area contributed by atoms with Crippen molar-refractivity contribution in [1.29, 1.82) is 0 Å². The van der Waals surface area contributed by atoms with Gasteiger partial charge in [0.25, 0.3) is 0 Å². The summed E-state index contributed by atoms with van der Waals surface area (Å²) < 4.78 is 0. The van der Waals surface area contributed by atoms with Gasteiger partial charge in [0.2, 0.25) is 0 Å². The first-order valence-electron chi connectivity index (χ1n) is 5.19. The number of aliphatic hydroxyl groups excluding tert-OH is 1. The molecular formula is C11H17N3O. The highest BCUT2D eigenvalue weighted by Crippen LogP contribution is 2.35. The molecule has 0 bridgehead atoms. The second-order valence-corrected chi connectivity index (χ2v) is 4.26. The number of nitrogens with two attached hydrogens (primary N) is 2. The molecule has 0 amide bonds. The molecule has 1 saturated carbocycles. The monoisotopic (exact) mass is 207 g/mol. The Morgan fingerprint density at radius 1 is 1.27 bits per heavy atom. The highest BCUT2D eigenvalue weighted by atomic mass is 16.3. The minimum atomic E-state index is -0.136. The van der Waals surface area contributed by atoms with Gasteiger partial charge in [-0.25, -0.2) is 0 Å². The zero-order valence-corrected chi connectivity index (χ0v) is 8.66. The third kappa shape index (κ3) is 1.85. The van der Waals surface area contributed by atoms with E-state index >= 15 is 0 Å². The van der Waals surface area contributed by atoms with E-state index < -0.39 is 0 Å². The van der Waals surface area contributed by atoms with Gasteiger partial charge >= 0.3 is 0 Å². The number of nitrogen functional groups attached to an aromatic ring is 2. The molecule has 0 saturated heterocycles. The van der Waals surface area contributed by atoms with Gasteiger partial charge in [0, 0.05) is 5.69 Å². The Bertz CT molecular complexity index is 355. The molecule has 1 fully saturated rings. The summed E-state index contributed by atoms with van der Waals surface area (Å²) in [4.78, 5) is 0. The smallest absolute Gasteiger partial charge is 0.0661 e. The lowest BCUT2D eigenvalue weighted by Gasteiger charge is -2.42. The summed E-state index contributed by atoms with van der Waals surface area (Å²) in [6.45, 7) is 0.164. The molecule has 0 aliphatic heterocycles. The maximum atomic E-state index is 9.30. The van der Waals surface area contributed by atoms with Crippen molar-refractivity contribution in [3.05, 3.63) is 18.2 Å². The average Bonchev–Trinajstić information content (AvgIpc) is 2.17. The normalized spacial score (nSPS) is 18.2. The summed E-state index contributed by atoms with van der Waals surface area (Å²) in [5, 5.41) is 12.6. The van der Waals surface area contributed by atoms with Crippen molar-refractivity contribution in [2.24, 2.45) is 0 Å². The fourth-order valence-corrected chi connectivity index (χ4v) is 1.88. The van der Waals surface area contributed by atoms with Crippen LogP contribution in [0.5, 0.6) is 0 Å². The van der Waals surface area contributed by atoms with Gasteiger partial charge in [0.1, 0.15) is 0 Å². The van der Waals surface area contributed by atoms with Gasteiger partial charge < -0.3 is 21.9 Å². The largest absolute Gasteiger partial charge is 0.397 e. The van der Waals surface area contributed by atoms with Crippen LogP contribution in [0.2, 0.25) is 0 Å². The van der Waals surface area contributed by atoms with E-state index in [1.165, 1.54) is 0 Å². The second kappa shape index (κ2) is 3.62. The van der Waals surface area contributed by atoms with Crippen LogP contribution in [-0.4, -0.2) is 17.3 Å². The maximum Gasteiger partial charge on any atom is 0.0661 e. The number of hydrogen-bond donors (Lipinski definition) is 4. The van der Waals surface area contributed by atoms with Crippen LogP contribution >= 0.6 is 0 Å². The highest BCUT2D eigenvalue weighted by Gasteiger charge is 2.36. The zero-order valence-electron chi connectivity index (χ0n) is 8.66. The Labute approximate surface area is 89.3 Å².